The van der Waals surface area contributed by atoms with Crippen molar-refractivity contribution in [1.29, 1.82) is 0 Å². The van der Waals surface area contributed by atoms with Gasteiger partial charge in [-0.25, -0.2) is 44.9 Å². The van der Waals surface area contributed by atoms with Crippen LogP contribution in [-0.2, 0) is 44.9 Å². The molecule has 11 aromatic heterocycles. The fourth-order valence-electron chi connectivity index (χ4n) is 14.5. The standard InChI is InChI=1S/C15H20N4O2.C14H18N2O.C14H17NO.C13H20N2O.C13H22N2O.C12H16N2O.C10H16N2O.C10H16N2.2C8H14N2O/c1-15(2,3)7-9-20-14-16-8-6-11(17-14)12-18-13(21-19-12)10-4-5-10;1-14(2,3)10-13-15-12(16-17-13)9-11-7-5-4-6-8-11;1-14(2,3)10-12-9-13(15-16-12)11-7-5-4-6-8-11;1-12(2,3)9-13(5-6-13)10-16-11-14-7-4-8-15-11;1-12(2,3)9-13(4,5)10-16-11-14-7-6-8-15-11;1-5-10-8-13-11(14-9-10)15-7-6-12(2,3)4;1-10(2,3)6-8-11-9(13-12-8)7-4-5-7;1-8-6-11-9(12-7-8)5-10(2,3)4;1-6-9-7(10-11-6)5-8(2,3)4;1-6-9-7(11-10-6)5-8(2,3)4/h6,8,10H,4-5,7,9H2,1-3H3;4-8H,9-10H2,1-3H3;4-9H,10H2,1-3H3;4,7-8H,5-6,9-10H2,1-3H3;6-8H,9-10H2,1-5H3;1,8-9H,6-7H2,2-4H3;7H,4-6H2,1-3H3;6-7H,5H2,1-4H3;2*5H2,1-4H3. The summed E-state index contributed by atoms with van der Waals surface area (Å²) >= 11 is 0. The van der Waals surface area contributed by atoms with Crippen LogP contribution >= 0.6 is 0 Å². The van der Waals surface area contributed by atoms with Crippen molar-refractivity contribution in [2.75, 3.05) is 26.4 Å². The van der Waals surface area contributed by atoms with Crippen LogP contribution in [0.5, 0.6) is 24.0 Å². The summed E-state index contributed by atoms with van der Waals surface area (Å²) in [5.74, 6) is 12.6. The monoisotopic (exact) mass is 2030 g/mol. The Morgan fingerprint density at radius 3 is 1.30 bits per heavy atom. The van der Waals surface area contributed by atoms with Crippen LogP contribution in [0.3, 0.4) is 0 Å². The van der Waals surface area contributed by atoms with E-state index < -0.39 is 0 Å². The van der Waals surface area contributed by atoms with E-state index in [2.05, 4.69) is 345 Å². The number of terminal acetylenes is 1. The van der Waals surface area contributed by atoms with Gasteiger partial charge in [-0.1, -0.05) is 319 Å². The molecule has 0 radical (unpaired) electrons. The SMILES string of the molecule is C#Cc1cnc(OCCC(C)(C)C)nc1.CC(C)(C)CC(C)(C)COc1ncccn1.CC(C)(C)CC1(COc2ncccn2)CC1.CC(C)(C)CCOc1nccc(-c2noc(C3CC3)n2)n1.CC(C)(C)Cc1cc(-c2ccccc2)no1.CC(C)(C)Cc1nc(Cc2ccccc2)no1.CC(C)(C)Cc1noc(C2CC2)n1.Cc1cnc(CC(C)(C)C)nc1.Cc1nc(CC(C)(C)C)no1.Cc1noc(CC(C)(C)C)n1. The lowest BCUT2D eigenvalue weighted by Gasteiger charge is -2.31. The first-order valence-electron chi connectivity index (χ1n) is 51.9. The summed E-state index contributed by atoms with van der Waals surface area (Å²) in [7, 11) is 0. The van der Waals surface area contributed by atoms with Crippen LogP contribution in [0.25, 0.3) is 22.8 Å². The molecule has 2 aromatic carbocycles. The van der Waals surface area contributed by atoms with E-state index in [1.807, 2.05) is 80.8 Å². The van der Waals surface area contributed by atoms with Gasteiger partial charge in [0, 0.05) is 137 Å². The fraction of sp³-hybridized carbons (Fsp3) is 0.598. The van der Waals surface area contributed by atoms with Gasteiger partial charge in [-0.3, -0.25) is 0 Å². The third-order valence-corrected chi connectivity index (χ3v) is 21.1. The van der Waals surface area contributed by atoms with E-state index >= 15 is 0 Å². The maximum atomic E-state index is 5.66. The van der Waals surface area contributed by atoms with Crippen LogP contribution in [0.1, 0.15) is 379 Å². The third-order valence-electron chi connectivity index (χ3n) is 21.1. The lowest BCUT2D eigenvalue weighted by molar-refractivity contribution is 0.118. The molecule has 0 bridgehead atoms. The number of benzene rings is 2. The molecule has 148 heavy (non-hydrogen) atoms. The summed E-state index contributed by atoms with van der Waals surface area (Å²) in [5, 5.41) is 23.6. The summed E-state index contributed by atoms with van der Waals surface area (Å²) in [6, 6.07) is 29.4. The first-order valence-corrected chi connectivity index (χ1v) is 51.9. The number of hydrogen-bond donors (Lipinski definition) is 0. The number of aromatic nitrogens is 21. The Bertz CT molecular complexity index is 5820. The minimum absolute atomic E-state index is 0.136. The van der Waals surface area contributed by atoms with Crippen molar-refractivity contribution >= 4 is 0 Å². The van der Waals surface area contributed by atoms with Crippen molar-refractivity contribution in [3.63, 3.8) is 0 Å². The largest absolute Gasteiger partial charge is 0.463 e. The molecule has 0 atom stereocenters. The second-order valence-corrected chi connectivity index (χ2v) is 51.7. The van der Waals surface area contributed by atoms with Crippen molar-refractivity contribution in [3.8, 4) is 59.2 Å². The Hall–Kier alpha value is -12.5. The zero-order valence-corrected chi connectivity index (χ0v) is 95.8. The molecule has 0 unspecified atom stereocenters. The van der Waals surface area contributed by atoms with Gasteiger partial charge in [-0.05, 0) is 167 Å². The lowest BCUT2D eigenvalue weighted by atomic mass is 9.77. The second-order valence-electron chi connectivity index (χ2n) is 51.7. The van der Waals surface area contributed by atoms with Crippen LogP contribution in [0.15, 0.2) is 168 Å². The van der Waals surface area contributed by atoms with Crippen molar-refractivity contribution in [3.05, 3.63) is 222 Å². The summed E-state index contributed by atoms with van der Waals surface area (Å²) in [4.78, 5) is 62.6. The van der Waals surface area contributed by atoms with Crippen LogP contribution < -0.4 is 18.9 Å². The predicted octanol–water partition coefficient (Wildman–Crippen LogP) is 27.9. The van der Waals surface area contributed by atoms with Crippen molar-refractivity contribution in [2.24, 2.45) is 65.0 Å². The molecule has 0 spiro atoms. The van der Waals surface area contributed by atoms with E-state index in [1.165, 1.54) is 37.7 Å². The molecule has 0 amide bonds. The molecule has 3 fully saturated rings. The molecule has 13 aromatic rings. The molecule has 3 saturated carbocycles. The average Bonchev–Trinajstić information content (AvgIpc) is 1.64. The predicted molar refractivity (Wildman–Crippen MR) is 581 cm³/mol. The van der Waals surface area contributed by atoms with Crippen LogP contribution in [0.4, 0.5) is 0 Å². The molecule has 31 heteroatoms. The van der Waals surface area contributed by atoms with E-state index in [0.717, 1.165) is 147 Å². The summed E-state index contributed by atoms with van der Waals surface area (Å²) in [6.45, 7) is 78.3. The van der Waals surface area contributed by atoms with Crippen molar-refractivity contribution in [1.82, 2.24) is 106 Å². The first kappa shape index (κ1) is 122. The fourth-order valence-corrected chi connectivity index (χ4v) is 14.5. The van der Waals surface area contributed by atoms with Gasteiger partial charge in [0.1, 0.15) is 23.0 Å². The quantitative estimate of drug-likeness (QED) is 0.0454. The Balaban J connectivity index is 0.000000224. The lowest BCUT2D eigenvalue weighted by Crippen LogP contribution is -2.27. The summed E-state index contributed by atoms with van der Waals surface area (Å²) < 4.78 is 53.1. The highest BCUT2D eigenvalue weighted by molar-refractivity contribution is 5.58. The Kier molecular flexibility index (Phi) is 46.1. The maximum absolute atomic E-state index is 5.66. The highest BCUT2D eigenvalue weighted by Gasteiger charge is 2.46. The van der Waals surface area contributed by atoms with Crippen molar-refractivity contribution < 1.29 is 46.1 Å². The number of rotatable bonds is 26. The smallest absolute Gasteiger partial charge is 0.317 e. The zero-order valence-electron chi connectivity index (χ0n) is 95.8. The average molecular weight is 2030 g/mol. The van der Waals surface area contributed by atoms with Gasteiger partial charge in [0.15, 0.2) is 23.3 Å². The third kappa shape index (κ3) is 56.1. The number of hydrogen-bond acceptors (Lipinski definition) is 31. The number of aryl methyl sites for hydroxylation is 3. The molecule has 0 aliphatic heterocycles. The maximum Gasteiger partial charge on any atom is 0.317 e. The van der Waals surface area contributed by atoms with Gasteiger partial charge in [-0.15, -0.1) is 6.42 Å². The zero-order chi connectivity index (χ0) is 110. The highest BCUT2D eigenvalue weighted by atomic mass is 16.5. The van der Waals surface area contributed by atoms with Crippen molar-refractivity contribution in [2.45, 2.75) is 363 Å². The Morgan fingerprint density at radius 1 is 0.365 bits per heavy atom. The second kappa shape index (κ2) is 55.7. The molecular weight excluding hydrogens is 1860 g/mol. The van der Waals surface area contributed by atoms with Gasteiger partial charge in [0.05, 0.1) is 32.0 Å². The first-order chi connectivity index (χ1) is 68.8. The summed E-state index contributed by atoms with van der Waals surface area (Å²) in [6.07, 6.45) is 38.0. The van der Waals surface area contributed by atoms with Gasteiger partial charge in [-0.2, -0.15) is 29.9 Å². The summed E-state index contributed by atoms with van der Waals surface area (Å²) in [5.41, 5.74) is 8.71. The molecule has 31 nitrogen and oxygen atoms in total. The molecule has 0 N–H and O–H groups in total. The molecule has 3 aliphatic carbocycles. The van der Waals surface area contributed by atoms with Gasteiger partial charge < -0.3 is 46.1 Å². The van der Waals surface area contributed by atoms with Crippen LogP contribution in [0, 0.1) is 98.1 Å². The molecule has 11 heterocycles. The van der Waals surface area contributed by atoms with Crippen LogP contribution in [-0.4, -0.2) is 132 Å². The molecule has 806 valence electrons. The molecular formula is C117H173N21O10. The number of nitrogens with zero attached hydrogens (tertiary/aromatic N) is 21. The molecule has 3 aliphatic rings. The normalized spacial score (nSPS) is 13.5. The van der Waals surface area contributed by atoms with Crippen LogP contribution in [0.2, 0.25) is 0 Å². The molecule has 16 rings (SSSR count). The van der Waals surface area contributed by atoms with Gasteiger partial charge >= 0.3 is 24.0 Å². The highest BCUT2D eigenvalue weighted by Crippen LogP contribution is 2.53. The minimum Gasteiger partial charge on any atom is -0.463 e. The molecule has 0 saturated heterocycles. The van der Waals surface area contributed by atoms with E-state index in [1.54, 1.807) is 68.5 Å². The van der Waals surface area contributed by atoms with Gasteiger partial charge in [0.2, 0.25) is 35.3 Å². The number of ether oxygens (including phenoxy) is 4. The van der Waals surface area contributed by atoms with E-state index in [-0.39, 0.29) is 48.7 Å². The van der Waals surface area contributed by atoms with E-state index in [0.29, 0.717) is 107 Å². The Morgan fingerprint density at radius 2 is 0.824 bits per heavy atom. The van der Waals surface area contributed by atoms with E-state index in [4.69, 9.17) is 52.5 Å². The Labute approximate surface area is 882 Å². The van der Waals surface area contributed by atoms with E-state index in [9.17, 15) is 0 Å². The van der Waals surface area contributed by atoms with Gasteiger partial charge in [0.25, 0.3) is 0 Å². The topological polar surface area (TPSA) is 386 Å². The minimum atomic E-state index is 0.136.